The van der Waals surface area contributed by atoms with Crippen molar-refractivity contribution >= 4 is 33.2 Å². The van der Waals surface area contributed by atoms with Crippen LogP contribution in [0.3, 0.4) is 0 Å². The van der Waals surface area contributed by atoms with E-state index < -0.39 is 0 Å². The molecule has 2 aromatic heterocycles. The summed E-state index contributed by atoms with van der Waals surface area (Å²) in [5, 5.41) is 17.8. The van der Waals surface area contributed by atoms with Crippen molar-refractivity contribution in [3.05, 3.63) is 51.6 Å². The van der Waals surface area contributed by atoms with Crippen LogP contribution < -0.4 is 0 Å². The van der Waals surface area contributed by atoms with Crippen molar-refractivity contribution in [2.45, 2.75) is 0 Å². The Bertz CT molecular complexity index is 819. The summed E-state index contributed by atoms with van der Waals surface area (Å²) in [5.41, 5.74) is 2.08. The van der Waals surface area contributed by atoms with Gasteiger partial charge in [-0.1, -0.05) is 11.6 Å². The Hall–Kier alpha value is -1.90. The second-order valence-corrected chi connectivity index (χ2v) is 5.19. The molecule has 0 aliphatic rings. The van der Waals surface area contributed by atoms with Gasteiger partial charge in [0, 0.05) is 27.3 Å². The lowest BCUT2D eigenvalue weighted by Gasteiger charge is -2.03. The summed E-state index contributed by atoms with van der Waals surface area (Å²) in [4.78, 5) is 0. The first-order valence-corrected chi connectivity index (χ1v) is 6.56. The summed E-state index contributed by atoms with van der Waals surface area (Å²) in [6.45, 7) is 0. The molecule has 0 aliphatic carbocycles. The van der Waals surface area contributed by atoms with Crippen LogP contribution in [0.5, 0.6) is 0 Å². The molecule has 1 aromatic carbocycles. The van der Waals surface area contributed by atoms with Gasteiger partial charge in [-0.3, -0.25) is 4.40 Å². The average Bonchev–Trinajstić information content (AvgIpc) is 2.81. The van der Waals surface area contributed by atoms with E-state index in [0.29, 0.717) is 22.1 Å². The Morgan fingerprint density at radius 2 is 2.05 bits per heavy atom. The minimum absolute atomic E-state index is 0.557. The van der Waals surface area contributed by atoms with Gasteiger partial charge in [0.25, 0.3) is 0 Å². The molecule has 0 atom stereocenters. The highest BCUT2D eigenvalue weighted by atomic mass is 79.9. The molecule has 2 heterocycles. The molecule has 0 saturated carbocycles. The lowest BCUT2D eigenvalue weighted by Crippen LogP contribution is -1.90. The average molecular weight is 334 g/mol. The third kappa shape index (κ3) is 2.09. The molecule has 6 heteroatoms. The van der Waals surface area contributed by atoms with Gasteiger partial charge in [0.1, 0.15) is 0 Å². The first-order valence-electron chi connectivity index (χ1n) is 5.39. The van der Waals surface area contributed by atoms with Crippen LogP contribution in [0.15, 0.2) is 41.0 Å². The number of hydrogen-bond donors (Lipinski definition) is 0. The highest BCUT2D eigenvalue weighted by Crippen LogP contribution is 2.29. The van der Waals surface area contributed by atoms with E-state index in [2.05, 4.69) is 32.2 Å². The fourth-order valence-electron chi connectivity index (χ4n) is 1.81. The molecule has 92 valence electrons. The zero-order chi connectivity index (χ0) is 13.4. The molecule has 0 bridgehead atoms. The van der Waals surface area contributed by atoms with Crippen molar-refractivity contribution in [2.24, 2.45) is 0 Å². The number of nitriles is 1. The van der Waals surface area contributed by atoms with E-state index in [-0.39, 0.29) is 0 Å². The van der Waals surface area contributed by atoms with Gasteiger partial charge in [0.05, 0.1) is 11.6 Å². The van der Waals surface area contributed by atoms with Crippen LogP contribution >= 0.6 is 27.5 Å². The number of rotatable bonds is 1. The zero-order valence-electron chi connectivity index (χ0n) is 9.51. The molecule has 0 spiro atoms. The second kappa shape index (κ2) is 4.65. The Balaban J connectivity index is 2.23. The van der Waals surface area contributed by atoms with E-state index in [1.165, 1.54) is 0 Å². The van der Waals surface area contributed by atoms with E-state index >= 15 is 0 Å². The van der Waals surface area contributed by atoms with Crippen LogP contribution in [0.25, 0.3) is 17.0 Å². The first-order chi connectivity index (χ1) is 9.19. The van der Waals surface area contributed by atoms with E-state index in [1.54, 1.807) is 24.4 Å². The van der Waals surface area contributed by atoms with Crippen LogP contribution in [0.1, 0.15) is 5.56 Å². The molecule has 0 unspecified atom stereocenters. The molecule has 4 nitrogen and oxygen atoms in total. The lowest BCUT2D eigenvalue weighted by atomic mass is 10.2. The van der Waals surface area contributed by atoms with Gasteiger partial charge in [0.2, 0.25) is 0 Å². The predicted molar refractivity (Wildman–Crippen MR) is 75.8 cm³/mol. The van der Waals surface area contributed by atoms with Gasteiger partial charge >= 0.3 is 0 Å². The monoisotopic (exact) mass is 332 g/mol. The SMILES string of the molecule is N#Cc1ccn2c(-c3ccc(Cl)cc3Br)nnc2c1. The van der Waals surface area contributed by atoms with Crippen molar-refractivity contribution < 1.29 is 0 Å². The van der Waals surface area contributed by atoms with Gasteiger partial charge in [-0.25, -0.2) is 0 Å². The van der Waals surface area contributed by atoms with E-state index in [9.17, 15) is 0 Å². The fraction of sp³-hybridized carbons (Fsp3) is 0. The lowest BCUT2D eigenvalue weighted by molar-refractivity contribution is 1.11. The predicted octanol–water partition coefficient (Wildman–Crippen LogP) is 3.68. The van der Waals surface area contributed by atoms with Gasteiger partial charge in [0.15, 0.2) is 11.5 Å². The summed E-state index contributed by atoms with van der Waals surface area (Å²) in [5.74, 6) is 0.697. The number of fused-ring (bicyclic) bond motifs is 1. The van der Waals surface area contributed by atoms with Crippen molar-refractivity contribution in [2.75, 3.05) is 0 Å². The first kappa shape index (κ1) is 12.2. The normalized spacial score (nSPS) is 10.6. The van der Waals surface area contributed by atoms with Crippen LogP contribution in [0.4, 0.5) is 0 Å². The minimum atomic E-state index is 0.557. The minimum Gasteiger partial charge on any atom is -0.282 e. The van der Waals surface area contributed by atoms with Gasteiger partial charge in [-0.05, 0) is 40.2 Å². The number of halogens is 2. The third-order valence-electron chi connectivity index (χ3n) is 2.71. The number of benzene rings is 1. The molecule has 19 heavy (non-hydrogen) atoms. The molecule has 3 aromatic rings. The molecular formula is C13H6BrClN4. The Labute approximate surface area is 122 Å². The molecule has 0 radical (unpaired) electrons. The van der Waals surface area contributed by atoms with E-state index in [0.717, 1.165) is 10.0 Å². The maximum atomic E-state index is 8.87. The van der Waals surface area contributed by atoms with Crippen molar-refractivity contribution in [1.29, 1.82) is 5.26 Å². The highest BCUT2D eigenvalue weighted by molar-refractivity contribution is 9.10. The van der Waals surface area contributed by atoms with Crippen molar-refractivity contribution in [1.82, 2.24) is 14.6 Å². The number of hydrogen-bond acceptors (Lipinski definition) is 3. The highest BCUT2D eigenvalue weighted by Gasteiger charge is 2.11. The summed E-state index contributed by atoms with van der Waals surface area (Å²) in [7, 11) is 0. The standard InChI is InChI=1S/C13H6BrClN4/c14-11-6-9(15)1-2-10(11)13-18-17-12-5-8(7-16)3-4-19(12)13/h1-6H. The van der Waals surface area contributed by atoms with Gasteiger partial charge in [-0.2, -0.15) is 5.26 Å². The Kier molecular flexibility index (Phi) is 2.97. The third-order valence-corrected chi connectivity index (χ3v) is 3.60. The van der Waals surface area contributed by atoms with Gasteiger partial charge in [-0.15, -0.1) is 10.2 Å². The molecule has 0 fully saturated rings. The molecule has 0 aliphatic heterocycles. The number of nitrogens with zero attached hydrogens (tertiary/aromatic N) is 4. The van der Waals surface area contributed by atoms with Crippen LogP contribution in [-0.4, -0.2) is 14.6 Å². The van der Waals surface area contributed by atoms with Crippen LogP contribution in [0.2, 0.25) is 5.02 Å². The van der Waals surface area contributed by atoms with Crippen LogP contribution in [0, 0.1) is 11.3 Å². The quantitative estimate of drug-likeness (QED) is 0.682. The smallest absolute Gasteiger partial charge is 0.169 e. The van der Waals surface area contributed by atoms with E-state index in [4.69, 9.17) is 16.9 Å². The molecular weight excluding hydrogens is 328 g/mol. The summed E-state index contributed by atoms with van der Waals surface area (Å²) >= 11 is 9.39. The fourth-order valence-corrected chi connectivity index (χ4v) is 2.67. The number of aromatic nitrogens is 3. The second-order valence-electron chi connectivity index (χ2n) is 3.90. The van der Waals surface area contributed by atoms with Crippen molar-refractivity contribution in [3.63, 3.8) is 0 Å². The van der Waals surface area contributed by atoms with Gasteiger partial charge < -0.3 is 0 Å². The largest absolute Gasteiger partial charge is 0.282 e. The summed E-state index contributed by atoms with van der Waals surface area (Å²) in [6.07, 6.45) is 1.78. The van der Waals surface area contributed by atoms with E-state index in [1.807, 2.05) is 16.5 Å². The topological polar surface area (TPSA) is 54.0 Å². The number of pyridine rings is 1. The molecule has 0 N–H and O–H groups in total. The molecule has 3 rings (SSSR count). The Morgan fingerprint density at radius 1 is 1.21 bits per heavy atom. The summed E-state index contributed by atoms with van der Waals surface area (Å²) in [6, 6.07) is 11.0. The molecule has 0 saturated heterocycles. The summed E-state index contributed by atoms with van der Waals surface area (Å²) < 4.78 is 2.67. The maximum Gasteiger partial charge on any atom is 0.169 e. The van der Waals surface area contributed by atoms with Crippen molar-refractivity contribution in [3.8, 4) is 17.5 Å². The molecule has 0 amide bonds. The van der Waals surface area contributed by atoms with Crippen LogP contribution in [-0.2, 0) is 0 Å². The maximum absolute atomic E-state index is 8.87. The zero-order valence-corrected chi connectivity index (χ0v) is 11.9. The Morgan fingerprint density at radius 3 is 2.79 bits per heavy atom.